The van der Waals surface area contributed by atoms with Crippen LogP contribution in [-0.2, 0) is 11.0 Å². The van der Waals surface area contributed by atoms with Crippen LogP contribution in [0.3, 0.4) is 0 Å². The highest BCUT2D eigenvalue weighted by atomic mass is 32.2. The molecule has 1 aliphatic rings. The number of thioether (sulfide) groups is 1. The molecule has 0 saturated carbocycles. The summed E-state index contributed by atoms with van der Waals surface area (Å²) in [6.45, 7) is 1.58. The van der Waals surface area contributed by atoms with E-state index >= 15 is 0 Å². The Bertz CT molecular complexity index is 1700. The third-order valence-corrected chi connectivity index (χ3v) is 6.81. The fraction of sp³-hybridized carbons (Fsp3) is 0.148. The van der Waals surface area contributed by atoms with Crippen LogP contribution in [-0.4, -0.2) is 44.0 Å². The minimum Gasteiger partial charge on any atom is -0.406 e. The number of aliphatic imine (C=N–C) groups is 1. The van der Waals surface area contributed by atoms with Gasteiger partial charge in [0.1, 0.15) is 12.1 Å². The van der Waals surface area contributed by atoms with E-state index in [-0.39, 0.29) is 22.5 Å². The van der Waals surface area contributed by atoms with Crippen molar-refractivity contribution in [2.75, 3.05) is 16.0 Å². The van der Waals surface area contributed by atoms with Crippen molar-refractivity contribution in [1.82, 2.24) is 14.8 Å². The summed E-state index contributed by atoms with van der Waals surface area (Å²) in [5.74, 6) is -0.929. The molecule has 43 heavy (non-hydrogen) atoms. The zero-order chi connectivity index (χ0) is 30.9. The lowest BCUT2D eigenvalue weighted by Crippen LogP contribution is -2.32. The van der Waals surface area contributed by atoms with Gasteiger partial charge in [-0.25, -0.2) is 14.5 Å². The topological polar surface area (TPSA) is 102 Å². The third kappa shape index (κ3) is 6.97. The summed E-state index contributed by atoms with van der Waals surface area (Å²) in [5, 5.41) is 6.62. The summed E-state index contributed by atoms with van der Waals surface area (Å²) < 4.78 is 83.2. The first-order chi connectivity index (χ1) is 20.3. The van der Waals surface area contributed by atoms with E-state index in [2.05, 4.69) is 25.1 Å². The monoisotopic (exact) mass is 620 g/mol. The number of urea groups is 1. The van der Waals surface area contributed by atoms with E-state index in [0.717, 1.165) is 34.9 Å². The number of ether oxygens (including phenoxy) is 1. The van der Waals surface area contributed by atoms with Crippen LogP contribution in [0.2, 0.25) is 0 Å². The molecule has 5 rings (SSSR count). The molecular formula is C27H18F6N6O3S. The number of rotatable bonds is 5. The number of amidine groups is 1. The lowest BCUT2D eigenvalue weighted by atomic mass is 10.1. The number of hydrogen-bond donors (Lipinski definition) is 1. The van der Waals surface area contributed by atoms with Crippen LogP contribution in [0, 0.1) is 6.92 Å². The van der Waals surface area contributed by atoms with Gasteiger partial charge in [0.25, 0.3) is 0 Å². The fourth-order valence-corrected chi connectivity index (χ4v) is 4.87. The predicted molar refractivity (Wildman–Crippen MR) is 146 cm³/mol. The first-order valence-corrected chi connectivity index (χ1v) is 13.2. The molecule has 1 N–H and O–H groups in total. The molecule has 2 heterocycles. The highest BCUT2D eigenvalue weighted by molar-refractivity contribution is 8.15. The minimum atomic E-state index is -4.81. The smallest absolute Gasteiger partial charge is 0.406 e. The molecule has 4 aromatic rings. The Morgan fingerprint density at radius 1 is 1.00 bits per heavy atom. The number of carbonyl (C=O) groups is 2. The van der Waals surface area contributed by atoms with Crippen LogP contribution in [0.1, 0.15) is 11.1 Å². The van der Waals surface area contributed by atoms with Gasteiger partial charge in [-0.15, -0.1) is 18.3 Å². The second kappa shape index (κ2) is 11.4. The molecule has 1 aromatic heterocycles. The Hall–Kier alpha value is -4.86. The van der Waals surface area contributed by atoms with E-state index in [1.54, 1.807) is 19.1 Å². The van der Waals surface area contributed by atoms with Crippen LogP contribution >= 0.6 is 11.8 Å². The normalized spacial score (nSPS) is 14.8. The maximum atomic E-state index is 13.6. The Balaban J connectivity index is 1.28. The van der Waals surface area contributed by atoms with E-state index < -0.39 is 35.7 Å². The average Bonchev–Trinajstić information content (AvgIpc) is 3.55. The molecule has 3 aromatic carbocycles. The Labute approximate surface area is 243 Å². The number of carbonyl (C=O) groups excluding carboxylic acids is 2. The van der Waals surface area contributed by atoms with E-state index in [1.165, 1.54) is 47.4 Å². The van der Waals surface area contributed by atoms with Gasteiger partial charge in [0, 0.05) is 11.3 Å². The van der Waals surface area contributed by atoms with Crippen molar-refractivity contribution in [2.45, 2.75) is 19.5 Å². The highest BCUT2D eigenvalue weighted by Gasteiger charge is 2.40. The zero-order valence-corrected chi connectivity index (χ0v) is 22.6. The zero-order valence-electron chi connectivity index (χ0n) is 21.8. The molecule has 0 radical (unpaired) electrons. The number of nitrogens with zero attached hydrogens (tertiary/aromatic N) is 5. The number of alkyl halides is 6. The number of aryl methyl sites for hydroxylation is 1. The van der Waals surface area contributed by atoms with Crippen LogP contribution in [0.4, 0.5) is 42.5 Å². The van der Waals surface area contributed by atoms with Crippen LogP contribution in [0.15, 0.2) is 78.0 Å². The number of hydrogen-bond acceptors (Lipinski definition) is 6. The second-order valence-electron chi connectivity index (χ2n) is 8.99. The van der Waals surface area contributed by atoms with Crippen molar-refractivity contribution >= 4 is 40.2 Å². The molecule has 0 unspecified atom stereocenters. The van der Waals surface area contributed by atoms with Gasteiger partial charge in [-0.1, -0.05) is 17.8 Å². The van der Waals surface area contributed by atoms with Gasteiger partial charge in [0.2, 0.25) is 5.91 Å². The lowest BCUT2D eigenvalue weighted by molar-refractivity contribution is -0.274. The molecule has 0 aliphatic carbocycles. The molecule has 0 bridgehead atoms. The Morgan fingerprint density at radius 2 is 1.70 bits per heavy atom. The van der Waals surface area contributed by atoms with Crippen molar-refractivity contribution in [3.8, 4) is 22.8 Å². The van der Waals surface area contributed by atoms with Gasteiger partial charge in [-0.3, -0.25) is 9.69 Å². The molecule has 222 valence electrons. The molecule has 1 fully saturated rings. The predicted octanol–water partition coefficient (Wildman–Crippen LogP) is 6.83. The summed E-state index contributed by atoms with van der Waals surface area (Å²) in [4.78, 5) is 34.0. The van der Waals surface area contributed by atoms with Crippen molar-refractivity contribution in [2.24, 2.45) is 4.99 Å². The second-order valence-corrected chi connectivity index (χ2v) is 9.94. The van der Waals surface area contributed by atoms with Crippen molar-refractivity contribution in [1.29, 1.82) is 0 Å². The number of halogens is 6. The summed E-state index contributed by atoms with van der Waals surface area (Å²) in [6.07, 6.45) is -8.17. The van der Waals surface area contributed by atoms with Gasteiger partial charge in [0.05, 0.1) is 22.7 Å². The van der Waals surface area contributed by atoms with Gasteiger partial charge < -0.3 is 10.1 Å². The van der Waals surface area contributed by atoms with Crippen molar-refractivity contribution < 1.29 is 40.7 Å². The van der Waals surface area contributed by atoms with E-state index in [4.69, 9.17) is 0 Å². The van der Waals surface area contributed by atoms with Crippen LogP contribution in [0.5, 0.6) is 5.75 Å². The van der Waals surface area contributed by atoms with E-state index in [9.17, 15) is 35.9 Å². The quantitative estimate of drug-likeness (QED) is 0.246. The van der Waals surface area contributed by atoms with Gasteiger partial charge in [-0.05, 0) is 73.2 Å². The number of nitrogens with one attached hydrogen (secondary N) is 1. The Morgan fingerprint density at radius 3 is 2.35 bits per heavy atom. The molecule has 1 saturated heterocycles. The first-order valence-electron chi connectivity index (χ1n) is 12.2. The number of anilines is 2. The minimum absolute atomic E-state index is 0.183. The van der Waals surface area contributed by atoms with E-state index in [0.29, 0.717) is 22.5 Å². The van der Waals surface area contributed by atoms with Crippen molar-refractivity contribution in [3.63, 3.8) is 0 Å². The summed E-state index contributed by atoms with van der Waals surface area (Å²) in [5.41, 5.74) is 0.329. The third-order valence-electron chi connectivity index (χ3n) is 5.88. The Kier molecular flexibility index (Phi) is 7.88. The van der Waals surface area contributed by atoms with Gasteiger partial charge in [0.15, 0.2) is 11.0 Å². The first kappa shape index (κ1) is 29.6. The molecule has 16 heteroatoms. The molecule has 0 spiro atoms. The van der Waals surface area contributed by atoms with Gasteiger partial charge >= 0.3 is 18.6 Å². The highest BCUT2D eigenvalue weighted by Crippen LogP contribution is 2.40. The van der Waals surface area contributed by atoms with Gasteiger partial charge in [-0.2, -0.15) is 18.2 Å². The fourth-order valence-electron chi connectivity index (χ4n) is 4.01. The van der Waals surface area contributed by atoms with E-state index in [1.807, 2.05) is 0 Å². The molecule has 9 nitrogen and oxygen atoms in total. The molecular weight excluding hydrogens is 602 g/mol. The number of benzene rings is 3. The van der Waals surface area contributed by atoms with Crippen LogP contribution in [0.25, 0.3) is 17.1 Å². The standard InChI is InChI=1S/C27H18F6N6O3S/c1-15-2-11-20(26(28,29)30)21(12-15)39-22(40)13-43-25(39)36-24(41)35-17-5-3-16(4-6-17)23-34-14-38(37-23)18-7-9-19(10-8-18)42-27(31,32)33/h2-12,14H,13H2,1H3,(H,35,41)/b36-25-. The number of aromatic nitrogens is 3. The molecule has 3 amide bonds. The summed E-state index contributed by atoms with van der Waals surface area (Å²) in [6, 6.07) is 13.7. The summed E-state index contributed by atoms with van der Waals surface area (Å²) in [7, 11) is 0. The maximum absolute atomic E-state index is 13.6. The maximum Gasteiger partial charge on any atom is 0.573 e. The number of amides is 3. The largest absolute Gasteiger partial charge is 0.573 e. The lowest BCUT2D eigenvalue weighted by Gasteiger charge is -2.21. The summed E-state index contributed by atoms with van der Waals surface area (Å²) >= 11 is 0.843. The average molecular weight is 621 g/mol. The van der Waals surface area contributed by atoms with Crippen molar-refractivity contribution in [3.05, 3.63) is 84.2 Å². The molecule has 1 aliphatic heterocycles. The van der Waals surface area contributed by atoms with Crippen LogP contribution < -0.4 is 15.0 Å². The molecule has 0 atom stereocenters. The SMILES string of the molecule is Cc1ccc(C(F)(F)F)c(N2C(=O)CS/C2=N\C(=O)Nc2ccc(-c3ncn(-c4ccc(OC(F)(F)F)cc4)n3)cc2)c1.